The Balaban J connectivity index is 1.98. The Labute approximate surface area is 142 Å². The van der Waals surface area contributed by atoms with Gasteiger partial charge in [0.2, 0.25) is 5.91 Å². The molecule has 25 heavy (non-hydrogen) atoms. The third-order valence-corrected chi connectivity index (χ3v) is 4.17. The fourth-order valence-electron chi connectivity index (χ4n) is 2.96. The molecule has 8 heteroatoms. The molecule has 0 unspecified atom stereocenters. The average Bonchev–Trinajstić information content (AvgIpc) is 3.15. The summed E-state index contributed by atoms with van der Waals surface area (Å²) in [5, 5.41) is 6.26. The smallest absolute Gasteiger partial charge is 0.248 e. The first kappa shape index (κ1) is 15.1. The Bertz CT molecular complexity index is 1120. The number of rotatable bonds is 3. The predicted molar refractivity (Wildman–Crippen MR) is 95.9 cm³/mol. The van der Waals surface area contributed by atoms with E-state index in [0.29, 0.717) is 28.1 Å². The van der Waals surface area contributed by atoms with E-state index in [1.165, 1.54) is 6.33 Å². The summed E-state index contributed by atoms with van der Waals surface area (Å²) in [5.41, 5.74) is 14.9. The van der Waals surface area contributed by atoms with Crippen LogP contribution in [0, 0.1) is 0 Å². The van der Waals surface area contributed by atoms with E-state index in [1.807, 2.05) is 30.7 Å². The number of nitrogens with two attached hydrogens (primary N) is 2. The third kappa shape index (κ3) is 2.30. The highest BCUT2D eigenvalue weighted by Crippen LogP contribution is 2.32. The van der Waals surface area contributed by atoms with Crippen LogP contribution in [0.3, 0.4) is 0 Å². The summed E-state index contributed by atoms with van der Waals surface area (Å²) in [6, 6.07) is 7.30. The average molecular weight is 335 g/mol. The van der Waals surface area contributed by atoms with Crippen LogP contribution in [0.1, 0.15) is 30.2 Å². The zero-order chi connectivity index (χ0) is 17.7. The number of nitrogens with zero attached hydrogens (tertiary/aromatic N) is 4. The number of aromatic nitrogens is 5. The molecule has 0 saturated heterocycles. The van der Waals surface area contributed by atoms with Gasteiger partial charge in [0.25, 0.3) is 0 Å². The molecule has 0 atom stereocenters. The lowest BCUT2D eigenvalue weighted by Crippen LogP contribution is -2.10. The lowest BCUT2D eigenvalue weighted by Gasteiger charge is -2.05. The monoisotopic (exact) mass is 335 g/mol. The summed E-state index contributed by atoms with van der Waals surface area (Å²) in [4.78, 5) is 23.1. The third-order valence-electron chi connectivity index (χ3n) is 4.17. The number of carbonyl (C=O) groups is 1. The van der Waals surface area contributed by atoms with Crippen LogP contribution >= 0.6 is 0 Å². The molecule has 0 radical (unpaired) electrons. The van der Waals surface area contributed by atoms with E-state index in [9.17, 15) is 4.79 Å². The van der Waals surface area contributed by atoms with E-state index in [2.05, 4.69) is 20.1 Å². The number of hydrogen-bond acceptors (Lipinski definition) is 5. The number of amides is 1. The fourth-order valence-corrected chi connectivity index (χ4v) is 2.96. The lowest BCUT2D eigenvalue weighted by molar-refractivity contribution is 0.100. The quantitative estimate of drug-likeness (QED) is 0.529. The molecule has 0 aliphatic heterocycles. The molecule has 4 rings (SSSR count). The molecular formula is C17H17N7O. The molecule has 126 valence electrons. The summed E-state index contributed by atoms with van der Waals surface area (Å²) in [5.74, 6) is -0.0831. The normalized spacial score (nSPS) is 11.6. The Kier molecular flexibility index (Phi) is 3.21. The van der Waals surface area contributed by atoms with Crippen molar-refractivity contribution in [3.63, 3.8) is 0 Å². The molecule has 0 fully saturated rings. The van der Waals surface area contributed by atoms with Crippen molar-refractivity contribution in [2.24, 2.45) is 5.73 Å². The van der Waals surface area contributed by atoms with Gasteiger partial charge in [-0.25, -0.2) is 14.6 Å². The van der Waals surface area contributed by atoms with Crippen molar-refractivity contribution in [1.82, 2.24) is 24.7 Å². The van der Waals surface area contributed by atoms with Crippen LogP contribution in [0.15, 0.2) is 30.6 Å². The molecule has 8 nitrogen and oxygen atoms in total. The van der Waals surface area contributed by atoms with Gasteiger partial charge < -0.3 is 16.5 Å². The number of anilines is 1. The second-order valence-corrected chi connectivity index (χ2v) is 6.19. The first-order chi connectivity index (χ1) is 12.0. The van der Waals surface area contributed by atoms with Gasteiger partial charge in [-0.2, -0.15) is 5.10 Å². The SMILES string of the molecule is CC(C)n1nc(-c2cc3cc(C(N)=O)ccc3[nH]2)c2c(N)ncnc21. The molecular weight excluding hydrogens is 318 g/mol. The van der Waals surface area contributed by atoms with Crippen molar-refractivity contribution >= 4 is 33.7 Å². The van der Waals surface area contributed by atoms with E-state index in [-0.39, 0.29) is 6.04 Å². The van der Waals surface area contributed by atoms with Gasteiger partial charge in [-0.15, -0.1) is 0 Å². The summed E-state index contributed by atoms with van der Waals surface area (Å²) in [7, 11) is 0. The second-order valence-electron chi connectivity index (χ2n) is 6.19. The lowest BCUT2D eigenvalue weighted by atomic mass is 10.1. The minimum atomic E-state index is -0.461. The van der Waals surface area contributed by atoms with Gasteiger partial charge in [0, 0.05) is 22.5 Å². The summed E-state index contributed by atoms with van der Waals surface area (Å²) in [6.45, 7) is 4.05. The summed E-state index contributed by atoms with van der Waals surface area (Å²) in [6.07, 6.45) is 1.44. The van der Waals surface area contributed by atoms with Gasteiger partial charge in [-0.05, 0) is 38.1 Å². The van der Waals surface area contributed by atoms with Crippen molar-refractivity contribution in [3.05, 3.63) is 36.2 Å². The van der Waals surface area contributed by atoms with Crippen molar-refractivity contribution in [2.45, 2.75) is 19.9 Å². The minimum absolute atomic E-state index is 0.122. The van der Waals surface area contributed by atoms with Crippen LogP contribution in [0.25, 0.3) is 33.3 Å². The van der Waals surface area contributed by atoms with Gasteiger partial charge in [0.1, 0.15) is 17.8 Å². The highest BCUT2D eigenvalue weighted by molar-refractivity contribution is 6.01. The number of fused-ring (bicyclic) bond motifs is 2. The number of benzene rings is 1. The van der Waals surface area contributed by atoms with Gasteiger partial charge >= 0.3 is 0 Å². The summed E-state index contributed by atoms with van der Waals surface area (Å²) >= 11 is 0. The molecule has 0 spiro atoms. The number of primary amides is 1. The Morgan fingerprint density at radius 3 is 2.76 bits per heavy atom. The van der Waals surface area contributed by atoms with Crippen molar-refractivity contribution in [1.29, 1.82) is 0 Å². The molecule has 1 aromatic carbocycles. The Morgan fingerprint density at radius 1 is 1.24 bits per heavy atom. The molecule has 0 saturated carbocycles. The van der Waals surface area contributed by atoms with Crippen LogP contribution in [0.4, 0.5) is 5.82 Å². The van der Waals surface area contributed by atoms with Crippen LogP contribution < -0.4 is 11.5 Å². The molecule has 0 aliphatic carbocycles. The Hall–Kier alpha value is -3.42. The fraction of sp³-hybridized carbons (Fsp3) is 0.176. The highest BCUT2D eigenvalue weighted by atomic mass is 16.1. The zero-order valence-corrected chi connectivity index (χ0v) is 13.8. The molecule has 3 heterocycles. The molecule has 3 aromatic heterocycles. The zero-order valence-electron chi connectivity index (χ0n) is 13.8. The van der Waals surface area contributed by atoms with E-state index in [4.69, 9.17) is 11.5 Å². The van der Waals surface area contributed by atoms with E-state index in [1.54, 1.807) is 12.1 Å². The number of hydrogen-bond donors (Lipinski definition) is 3. The number of aromatic amines is 1. The predicted octanol–water partition coefficient (Wildman–Crippen LogP) is 2.24. The maximum absolute atomic E-state index is 11.4. The van der Waals surface area contributed by atoms with E-state index >= 15 is 0 Å². The van der Waals surface area contributed by atoms with E-state index < -0.39 is 5.91 Å². The van der Waals surface area contributed by atoms with Gasteiger partial charge in [0.15, 0.2) is 5.65 Å². The van der Waals surface area contributed by atoms with E-state index in [0.717, 1.165) is 16.6 Å². The Morgan fingerprint density at radius 2 is 2.04 bits per heavy atom. The van der Waals surface area contributed by atoms with Crippen LogP contribution in [-0.2, 0) is 0 Å². The van der Waals surface area contributed by atoms with Gasteiger partial charge in [0.05, 0.1) is 11.1 Å². The largest absolute Gasteiger partial charge is 0.383 e. The van der Waals surface area contributed by atoms with Gasteiger partial charge in [-0.3, -0.25) is 4.79 Å². The maximum Gasteiger partial charge on any atom is 0.248 e. The number of H-pyrrole nitrogens is 1. The van der Waals surface area contributed by atoms with Crippen molar-refractivity contribution < 1.29 is 4.79 Å². The molecule has 1 amide bonds. The summed E-state index contributed by atoms with van der Waals surface area (Å²) < 4.78 is 1.82. The number of carbonyl (C=O) groups excluding carboxylic acids is 1. The van der Waals surface area contributed by atoms with Crippen LogP contribution in [-0.4, -0.2) is 30.6 Å². The number of nitrogen functional groups attached to an aromatic ring is 1. The second kappa shape index (κ2) is 5.30. The molecule has 5 N–H and O–H groups in total. The van der Waals surface area contributed by atoms with Crippen LogP contribution in [0.5, 0.6) is 0 Å². The standard InChI is InChI=1S/C17H17N7O/c1-8(2)24-17-13(15(18)20-7-21-17)14(23-24)12-6-10-5-9(16(19)25)3-4-11(10)22-12/h3-8,22H,1-2H3,(H2,19,25)(H2,18,20,21). The number of nitrogens with one attached hydrogen (secondary N) is 1. The first-order valence-electron chi connectivity index (χ1n) is 7.87. The highest BCUT2D eigenvalue weighted by Gasteiger charge is 2.19. The van der Waals surface area contributed by atoms with Crippen molar-refractivity contribution in [2.75, 3.05) is 5.73 Å². The molecule has 4 aromatic rings. The maximum atomic E-state index is 11.4. The van der Waals surface area contributed by atoms with Gasteiger partial charge in [-0.1, -0.05) is 0 Å². The molecule has 0 aliphatic rings. The van der Waals surface area contributed by atoms with Crippen molar-refractivity contribution in [3.8, 4) is 11.4 Å². The topological polar surface area (TPSA) is 128 Å². The minimum Gasteiger partial charge on any atom is -0.383 e. The molecule has 0 bridgehead atoms. The van der Waals surface area contributed by atoms with Crippen LogP contribution in [0.2, 0.25) is 0 Å². The first-order valence-corrected chi connectivity index (χ1v) is 7.87.